The maximum Gasteiger partial charge on any atom is 0.337 e. The van der Waals surface area contributed by atoms with Crippen molar-refractivity contribution in [3.8, 4) is 0 Å². The van der Waals surface area contributed by atoms with Gasteiger partial charge in [0.1, 0.15) is 0 Å². The molecule has 1 rings (SSSR count). The van der Waals surface area contributed by atoms with Gasteiger partial charge in [-0.1, -0.05) is 0 Å². The molecule has 0 aliphatic heterocycles. The van der Waals surface area contributed by atoms with Crippen molar-refractivity contribution in [2.45, 2.75) is 11.1 Å². The van der Waals surface area contributed by atoms with Crippen LogP contribution in [0.1, 0.15) is 10.4 Å². The number of carbonyl (C=O) groups is 1. The number of aliphatic hydroxyl groups excluding tert-OH is 2. The fraction of sp³-hybridized carbons (Fsp3) is 0.333. The molecule has 9 heteroatoms. The molecule has 0 aliphatic carbocycles. The predicted molar refractivity (Wildman–Crippen MR) is 59.5 cm³/mol. The number of pyridine rings is 1. The summed E-state index contributed by atoms with van der Waals surface area (Å²) in [5, 5.41) is 25.8. The number of aromatic carboxylic acids is 1. The van der Waals surface area contributed by atoms with Crippen LogP contribution in [0, 0.1) is 0 Å². The minimum Gasteiger partial charge on any atom is -0.478 e. The van der Waals surface area contributed by atoms with E-state index in [1.165, 1.54) is 0 Å². The highest BCUT2D eigenvalue weighted by atomic mass is 32.2. The van der Waals surface area contributed by atoms with Gasteiger partial charge in [-0.25, -0.2) is 22.9 Å². The first-order valence-corrected chi connectivity index (χ1v) is 6.32. The number of aromatic nitrogens is 1. The van der Waals surface area contributed by atoms with Gasteiger partial charge >= 0.3 is 5.97 Å². The van der Waals surface area contributed by atoms with Crippen LogP contribution in [0.15, 0.2) is 23.4 Å². The van der Waals surface area contributed by atoms with Gasteiger partial charge < -0.3 is 15.3 Å². The molecule has 0 bridgehead atoms. The Bertz CT molecular complexity index is 508. The molecule has 0 aromatic carbocycles. The zero-order valence-corrected chi connectivity index (χ0v) is 9.96. The third kappa shape index (κ3) is 3.47. The monoisotopic (exact) mass is 276 g/mol. The lowest BCUT2D eigenvalue weighted by atomic mass is 10.3. The van der Waals surface area contributed by atoms with Crippen molar-refractivity contribution in [3.63, 3.8) is 0 Å². The number of carboxylic acids is 1. The highest BCUT2D eigenvalue weighted by Gasteiger charge is 2.20. The summed E-state index contributed by atoms with van der Waals surface area (Å²) in [6, 6.07) is 1.09. The molecule has 0 unspecified atom stereocenters. The van der Waals surface area contributed by atoms with Crippen molar-refractivity contribution >= 4 is 16.0 Å². The van der Waals surface area contributed by atoms with Crippen LogP contribution in [-0.2, 0) is 10.0 Å². The van der Waals surface area contributed by atoms with Gasteiger partial charge in [0.25, 0.3) is 10.0 Å². The normalized spacial score (nSPS) is 11.7. The molecule has 0 atom stereocenters. The summed E-state index contributed by atoms with van der Waals surface area (Å²) in [6.45, 7) is -1.13. The average Bonchev–Trinajstić information content (AvgIpc) is 2.36. The molecule has 0 fully saturated rings. The Morgan fingerprint density at radius 3 is 2.33 bits per heavy atom. The average molecular weight is 276 g/mol. The zero-order chi connectivity index (χ0) is 13.8. The molecule has 0 amide bonds. The van der Waals surface area contributed by atoms with Gasteiger partial charge in [-0.2, -0.15) is 0 Å². The Morgan fingerprint density at radius 2 is 1.94 bits per heavy atom. The van der Waals surface area contributed by atoms with E-state index in [0.29, 0.717) is 0 Å². The molecule has 0 radical (unpaired) electrons. The second-order valence-corrected chi connectivity index (χ2v) is 5.03. The summed E-state index contributed by atoms with van der Waals surface area (Å²) in [5.74, 6) is -1.22. The Kier molecular flexibility index (Phi) is 4.73. The van der Waals surface area contributed by atoms with Gasteiger partial charge in [0, 0.05) is 6.20 Å². The van der Waals surface area contributed by atoms with Crippen LogP contribution in [0.3, 0.4) is 0 Å². The van der Waals surface area contributed by atoms with E-state index in [4.69, 9.17) is 15.3 Å². The molecule has 100 valence electrons. The maximum atomic E-state index is 11.7. The fourth-order valence-corrected chi connectivity index (χ4v) is 2.23. The Balaban J connectivity index is 2.95. The van der Waals surface area contributed by atoms with Crippen molar-refractivity contribution in [2.75, 3.05) is 13.2 Å². The zero-order valence-electron chi connectivity index (χ0n) is 9.15. The molecule has 0 spiro atoms. The van der Waals surface area contributed by atoms with Crippen molar-refractivity contribution in [1.82, 2.24) is 9.71 Å². The highest BCUT2D eigenvalue weighted by molar-refractivity contribution is 7.89. The lowest BCUT2D eigenvalue weighted by Gasteiger charge is -2.13. The minimum absolute atomic E-state index is 0.144. The molecule has 0 aliphatic rings. The quantitative estimate of drug-likeness (QED) is 0.491. The topological polar surface area (TPSA) is 137 Å². The number of hydrogen-bond donors (Lipinski definition) is 4. The number of aliphatic hydroxyl groups is 2. The minimum atomic E-state index is -4.00. The number of nitrogens with zero attached hydrogens (tertiary/aromatic N) is 1. The summed E-state index contributed by atoms with van der Waals surface area (Å²) in [4.78, 5) is 14.1. The van der Waals surface area contributed by atoms with Gasteiger partial charge in [-0.15, -0.1) is 0 Å². The van der Waals surface area contributed by atoms with Crippen LogP contribution >= 0.6 is 0 Å². The first-order chi connectivity index (χ1) is 8.40. The molecule has 1 aromatic rings. The van der Waals surface area contributed by atoms with Crippen LogP contribution in [0.4, 0.5) is 0 Å². The van der Waals surface area contributed by atoms with Crippen molar-refractivity contribution < 1.29 is 28.5 Å². The van der Waals surface area contributed by atoms with Crippen LogP contribution in [0.2, 0.25) is 0 Å². The summed E-state index contributed by atoms with van der Waals surface area (Å²) < 4.78 is 25.4. The van der Waals surface area contributed by atoms with E-state index in [-0.39, 0.29) is 10.6 Å². The van der Waals surface area contributed by atoms with Crippen LogP contribution in [-0.4, -0.2) is 53.9 Å². The van der Waals surface area contributed by atoms with E-state index in [2.05, 4.69) is 4.98 Å². The summed E-state index contributed by atoms with van der Waals surface area (Å²) >= 11 is 0. The number of hydrogen-bond acceptors (Lipinski definition) is 6. The largest absolute Gasteiger partial charge is 0.478 e. The number of carboxylic acid groups (broad SMARTS) is 1. The van der Waals surface area contributed by atoms with Gasteiger partial charge in [0.2, 0.25) is 0 Å². The number of sulfonamides is 1. The van der Waals surface area contributed by atoms with Crippen molar-refractivity contribution in [3.05, 3.63) is 23.9 Å². The standard InChI is InChI=1S/C9H12N2O6S/c12-4-7(5-13)11-18(16,17)8-2-1-6(3-10-8)9(14)15/h1-3,7,11-13H,4-5H2,(H,14,15). The second kappa shape index (κ2) is 5.87. The van der Waals surface area contributed by atoms with E-state index < -0.39 is 35.2 Å². The molecule has 0 saturated heterocycles. The summed E-state index contributed by atoms with van der Waals surface area (Å²) in [5.41, 5.74) is -0.144. The lowest BCUT2D eigenvalue weighted by Crippen LogP contribution is -2.40. The van der Waals surface area contributed by atoms with Gasteiger partial charge in [-0.3, -0.25) is 0 Å². The number of nitrogens with one attached hydrogen (secondary N) is 1. The molecule has 18 heavy (non-hydrogen) atoms. The van der Waals surface area contributed by atoms with Crippen LogP contribution in [0.5, 0.6) is 0 Å². The first kappa shape index (κ1) is 14.5. The molecule has 8 nitrogen and oxygen atoms in total. The summed E-state index contributed by atoms with van der Waals surface area (Å²) in [7, 11) is -4.00. The van der Waals surface area contributed by atoms with Crippen molar-refractivity contribution in [1.29, 1.82) is 0 Å². The number of rotatable bonds is 6. The van der Waals surface area contributed by atoms with Crippen LogP contribution < -0.4 is 4.72 Å². The van der Waals surface area contributed by atoms with Crippen LogP contribution in [0.25, 0.3) is 0 Å². The van der Waals surface area contributed by atoms with Gasteiger partial charge in [-0.05, 0) is 12.1 Å². The molecular weight excluding hydrogens is 264 g/mol. The summed E-state index contributed by atoms with van der Waals surface area (Å²) in [6.07, 6.45) is 0.907. The molecule has 1 aromatic heterocycles. The van der Waals surface area contributed by atoms with Gasteiger partial charge in [0.15, 0.2) is 5.03 Å². The molecular formula is C9H12N2O6S. The van der Waals surface area contributed by atoms with E-state index in [9.17, 15) is 13.2 Å². The van der Waals surface area contributed by atoms with E-state index in [0.717, 1.165) is 18.3 Å². The van der Waals surface area contributed by atoms with E-state index in [1.807, 2.05) is 4.72 Å². The van der Waals surface area contributed by atoms with E-state index >= 15 is 0 Å². The predicted octanol–water partition coefficient (Wildman–Crippen LogP) is -1.59. The smallest absolute Gasteiger partial charge is 0.337 e. The maximum absolute atomic E-state index is 11.7. The van der Waals surface area contributed by atoms with Crippen molar-refractivity contribution in [2.24, 2.45) is 0 Å². The third-order valence-electron chi connectivity index (χ3n) is 2.02. The Labute approximate surface area is 103 Å². The van der Waals surface area contributed by atoms with Gasteiger partial charge in [0.05, 0.1) is 24.8 Å². The molecule has 4 N–H and O–H groups in total. The lowest BCUT2D eigenvalue weighted by molar-refractivity contribution is 0.0696. The Morgan fingerprint density at radius 1 is 1.33 bits per heavy atom. The molecule has 0 saturated carbocycles. The Hall–Kier alpha value is -1.55. The fourth-order valence-electron chi connectivity index (χ4n) is 1.08. The highest BCUT2D eigenvalue weighted by Crippen LogP contribution is 2.07. The second-order valence-electron chi connectivity index (χ2n) is 3.37. The SMILES string of the molecule is O=C(O)c1ccc(S(=O)(=O)NC(CO)CO)nc1. The molecule has 1 heterocycles. The third-order valence-corrected chi connectivity index (χ3v) is 3.46. The van der Waals surface area contributed by atoms with E-state index in [1.54, 1.807) is 0 Å². The first-order valence-electron chi connectivity index (χ1n) is 4.84.